The molecule has 0 bridgehead atoms. The van der Waals surface area contributed by atoms with Gasteiger partial charge in [-0.2, -0.15) is 0 Å². The number of aliphatic hydroxyl groups is 1. The van der Waals surface area contributed by atoms with Crippen molar-refractivity contribution < 1.29 is 34.4 Å². The molecule has 1 unspecified atom stereocenters. The summed E-state index contributed by atoms with van der Waals surface area (Å²) >= 11 is 0. The number of hydrogen-bond donors (Lipinski definition) is 2. The maximum atomic E-state index is 13.4. The van der Waals surface area contributed by atoms with Crippen molar-refractivity contribution in [3.05, 3.63) is 23.8 Å². The molecule has 0 heterocycles. The number of rotatable bonds is 4. The van der Waals surface area contributed by atoms with E-state index in [4.69, 9.17) is 9.62 Å². The number of carbonyl (C=O) groups is 3. The Morgan fingerprint density at radius 2 is 1.88 bits per heavy atom. The van der Waals surface area contributed by atoms with Crippen LogP contribution in [-0.2, 0) is 24.0 Å². The number of aliphatic hydroxyl groups excluding tert-OH is 1. The van der Waals surface area contributed by atoms with Gasteiger partial charge in [0.05, 0.1) is 11.5 Å². The van der Waals surface area contributed by atoms with E-state index in [0.717, 1.165) is 6.42 Å². The monoisotopic (exact) mass is 474 g/mol. The average Bonchev–Trinajstić information content (AvgIpc) is 3.00. The maximum Gasteiger partial charge on any atom is 0.311 e. The SMILES string of the molecule is C[C@@H]1C[C@H]2[C@@H]3CC(OO)C4=CC(=O)C=C[C@]4(C)[C@H]3[C@@H](O)C[C@]2(C)[C@H]1C(=O)COC(=O)C(C)(C)C. The van der Waals surface area contributed by atoms with Crippen molar-refractivity contribution in [3.63, 3.8) is 0 Å². The molecule has 9 atom stereocenters. The molecule has 0 aromatic heterocycles. The van der Waals surface area contributed by atoms with Gasteiger partial charge in [0.1, 0.15) is 12.7 Å². The van der Waals surface area contributed by atoms with E-state index >= 15 is 0 Å². The summed E-state index contributed by atoms with van der Waals surface area (Å²) in [5.41, 5.74) is -1.05. The lowest BCUT2D eigenvalue weighted by atomic mass is 9.46. The molecule has 4 rings (SSSR count). The number of esters is 1. The molecule has 7 heteroatoms. The summed E-state index contributed by atoms with van der Waals surface area (Å²) in [6.45, 7) is 11.2. The highest BCUT2D eigenvalue weighted by molar-refractivity contribution is 6.01. The van der Waals surface area contributed by atoms with Crippen molar-refractivity contribution in [1.29, 1.82) is 0 Å². The van der Waals surface area contributed by atoms with Crippen LogP contribution in [0.5, 0.6) is 0 Å². The lowest BCUT2D eigenvalue weighted by Crippen LogP contribution is -2.59. The minimum atomic E-state index is -0.685. The highest BCUT2D eigenvalue weighted by atomic mass is 17.1. The van der Waals surface area contributed by atoms with Crippen LogP contribution in [0.3, 0.4) is 0 Å². The first-order valence-corrected chi connectivity index (χ1v) is 12.4. The third kappa shape index (κ3) is 3.80. The molecule has 188 valence electrons. The van der Waals surface area contributed by atoms with Crippen LogP contribution < -0.4 is 0 Å². The van der Waals surface area contributed by atoms with Gasteiger partial charge in [-0.15, -0.1) is 0 Å². The second-order valence-electron chi connectivity index (χ2n) is 12.5. The quantitative estimate of drug-likeness (QED) is 0.363. The van der Waals surface area contributed by atoms with Crippen LogP contribution in [0.15, 0.2) is 23.8 Å². The summed E-state index contributed by atoms with van der Waals surface area (Å²) in [5.74, 6) is -0.917. The van der Waals surface area contributed by atoms with Gasteiger partial charge in [0.25, 0.3) is 0 Å². The van der Waals surface area contributed by atoms with Crippen LogP contribution in [0, 0.1) is 45.8 Å². The predicted molar refractivity (Wildman–Crippen MR) is 124 cm³/mol. The second kappa shape index (κ2) is 8.38. The standard InChI is InChI=1S/C27H38O7/c1-14-9-17-16-11-21(34-32)18-10-15(28)7-8-26(18,5)23(16)19(29)12-27(17,6)22(14)20(30)13-33-24(31)25(2,3)4/h7-8,10,14,16-17,19,21-23,29,32H,9,11-13H2,1-6H3/t14-,16+,17+,19+,21?,22-,23-,26+,27+/m1/s1. The summed E-state index contributed by atoms with van der Waals surface area (Å²) in [4.78, 5) is 42.6. The minimum Gasteiger partial charge on any atom is -0.457 e. The fraction of sp³-hybridized carbons (Fsp3) is 0.741. The number of ketones is 2. The summed E-state index contributed by atoms with van der Waals surface area (Å²) in [7, 11) is 0. The zero-order valence-corrected chi connectivity index (χ0v) is 21.0. The second-order valence-corrected chi connectivity index (χ2v) is 12.5. The Hall–Kier alpha value is -1.83. The van der Waals surface area contributed by atoms with E-state index < -0.39 is 34.4 Å². The molecule has 3 saturated carbocycles. The van der Waals surface area contributed by atoms with Gasteiger partial charge in [0, 0.05) is 17.3 Å². The van der Waals surface area contributed by atoms with Crippen LogP contribution in [0.4, 0.5) is 0 Å². The molecule has 0 amide bonds. The molecule has 0 saturated heterocycles. The Bertz CT molecular complexity index is 943. The summed E-state index contributed by atoms with van der Waals surface area (Å²) in [6, 6.07) is 0. The largest absolute Gasteiger partial charge is 0.457 e. The third-order valence-corrected chi connectivity index (χ3v) is 9.27. The Labute approximate surface area is 201 Å². The first kappa shape index (κ1) is 25.3. The van der Waals surface area contributed by atoms with Gasteiger partial charge in [0.15, 0.2) is 11.6 Å². The predicted octanol–water partition coefficient (Wildman–Crippen LogP) is 3.75. The number of Topliss-reactive ketones (excluding diaryl/α,β-unsaturated/α-hetero) is 1. The molecule has 0 spiro atoms. The van der Waals surface area contributed by atoms with E-state index in [1.807, 2.05) is 13.0 Å². The fourth-order valence-electron chi connectivity index (χ4n) is 7.95. The summed E-state index contributed by atoms with van der Waals surface area (Å²) < 4.78 is 5.37. The highest BCUT2D eigenvalue weighted by Crippen LogP contribution is 2.67. The Morgan fingerprint density at radius 1 is 1.21 bits per heavy atom. The van der Waals surface area contributed by atoms with Gasteiger partial charge in [0.2, 0.25) is 0 Å². The Morgan fingerprint density at radius 3 is 2.50 bits per heavy atom. The number of hydrogen-bond acceptors (Lipinski definition) is 7. The van der Waals surface area contributed by atoms with Crippen molar-refractivity contribution >= 4 is 17.5 Å². The topological polar surface area (TPSA) is 110 Å². The number of fused-ring (bicyclic) bond motifs is 5. The zero-order valence-electron chi connectivity index (χ0n) is 21.0. The van der Waals surface area contributed by atoms with E-state index in [1.54, 1.807) is 20.8 Å². The number of carbonyl (C=O) groups excluding carboxylic acids is 3. The summed E-state index contributed by atoms with van der Waals surface area (Å²) in [6.07, 6.45) is 5.35. The Kier molecular flexibility index (Phi) is 6.23. The fourth-order valence-corrected chi connectivity index (χ4v) is 7.95. The molecule has 0 aliphatic heterocycles. The van der Waals surface area contributed by atoms with E-state index in [0.29, 0.717) is 18.4 Å². The number of allylic oxidation sites excluding steroid dienone is 3. The van der Waals surface area contributed by atoms with Gasteiger partial charge in [-0.1, -0.05) is 26.8 Å². The minimum absolute atomic E-state index is 0.00303. The van der Waals surface area contributed by atoms with Crippen LogP contribution in [0.2, 0.25) is 0 Å². The molecule has 7 nitrogen and oxygen atoms in total. The zero-order chi connectivity index (χ0) is 25.2. The van der Waals surface area contributed by atoms with Crippen molar-refractivity contribution in [2.24, 2.45) is 45.8 Å². The van der Waals surface area contributed by atoms with E-state index in [2.05, 4.69) is 13.8 Å². The van der Waals surface area contributed by atoms with Crippen LogP contribution in [0.25, 0.3) is 0 Å². The van der Waals surface area contributed by atoms with Gasteiger partial charge in [-0.3, -0.25) is 19.6 Å². The molecular weight excluding hydrogens is 436 g/mol. The summed E-state index contributed by atoms with van der Waals surface area (Å²) in [5, 5.41) is 21.2. The molecule has 0 aromatic carbocycles. The molecule has 2 N–H and O–H groups in total. The van der Waals surface area contributed by atoms with Crippen molar-refractivity contribution in [3.8, 4) is 0 Å². The van der Waals surface area contributed by atoms with E-state index in [-0.39, 0.29) is 47.8 Å². The van der Waals surface area contributed by atoms with Gasteiger partial charge in [-0.05, 0) is 80.9 Å². The molecule has 4 aliphatic carbocycles. The first-order valence-electron chi connectivity index (χ1n) is 12.4. The molecule has 0 radical (unpaired) electrons. The highest BCUT2D eigenvalue weighted by Gasteiger charge is 2.65. The van der Waals surface area contributed by atoms with Gasteiger partial charge >= 0.3 is 5.97 Å². The maximum absolute atomic E-state index is 13.4. The molecule has 3 fully saturated rings. The van der Waals surface area contributed by atoms with E-state index in [1.165, 1.54) is 12.2 Å². The molecule has 4 aliphatic rings. The lowest BCUT2D eigenvalue weighted by molar-refractivity contribution is -0.286. The van der Waals surface area contributed by atoms with Crippen molar-refractivity contribution in [2.75, 3.05) is 6.61 Å². The lowest BCUT2D eigenvalue weighted by Gasteiger charge is -2.59. The molecular formula is C27H38O7. The van der Waals surface area contributed by atoms with Crippen LogP contribution in [-0.4, -0.2) is 46.7 Å². The van der Waals surface area contributed by atoms with Crippen LogP contribution >= 0.6 is 0 Å². The van der Waals surface area contributed by atoms with Crippen LogP contribution in [0.1, 0.15) is 60.8 Å². The molecule has 0 aromatic rings. The number of ether oxygens (including phenoxy) is 1. The normalized spacial score (nSPS) is 43.5. The average molecular weight is 475 g/mol. The van der Waals surface area contributed by atoms with Gasteiger partial charge in [-0.25, -0.2) is 4.89 Å². The first-order chi connectivity index (χ1) is 15.7. The van der Waals surface area contributed by atoms with Gasteiger partial charge < -0.3 is 9.84 Å². The van der Waals surface area contributed by atoms with E-state index in [9.17, 15) is 24.7 Å². The third-order valence-electron chi connectivity index (χ3n) is 9.27. The molecule has 34 heavy (non-hydrogen) atoms. The Balaban J connectivity index is 1.64. The van der Waals surface area contributed by atoms with Crippen molar-refractivity contribution in [2.45, 2.75) is 73.0 Å². The van der Waals surface area contributed by atoms with Crippen molar-refractivity contribution in [1.82, 2.24) is 0 Å². The smallest absolute Gasteiger partial charge is 0.311 e.